The standard InChI is InChI=1S/C11H8N3O2/c12-6-8-3-9(7-13)5-10(4-8)16-2-1-11(14)15/h1,3-5H,2H2,(H2,14,15). The lowest BCUT2D eigenvalue weighted by Crippen LogP contribution is -2.15. The summed E-state index contributed by atoms with van der Waals surface area (Å²) in [7, 11) is 0. The molecule has 0 aliphatic rings. The van der Waals surface area contributed by atoms with Crippen molar-refractivity contribution in [1.29, 1.82) is 10.5 Å². The lowest BCUT2D eigenvalue weighted by Gasteiger charge is -2.04. The van der Waals surface area contributed by atoms with E-state index in [4.69, 9.17) is 21.0 Å². The summed E-state index contributed by atoms with van der Waals surface area (Å²) in [6.07, 6.45) is 1.16. The summed E-state index contributed by atoms with van der Waals surface area (Å²) < 4.78 is 5.14. The maximum absolute atomic E-state index is 10.4. The molecule has 1 aromatic rings. The molecule has 2 N–H and O–H groups in total. The Kier molecular flexibility index (Phi) is 3.88. The number of rotatable bonds is 4. The van der Waals surface area contributed by atoms with Gasteiger partial charge in [0.25, 0.3) is 0 Å². The summed E-state index contributed by atoms with van der Waals surface area (Å²) in [5, 5.41) is 17.4. The van der Waals surface area contributed by atoms with E-state index >= 15 is 0 Å². The van der Waals surface area contributed by atoms with Crippen molar-refractivity contribution in [3.05, 3.63) is 35.7 Å². The van der Waals surface area contributed by atoms with Crippen LogP contribution >= 0.6 is 0 Å². The van der Waals surface area contributed by atoms with Crippen molar-refractivity contribution in [2.24, 2.45) is 5.73 Å². The molecule has 5 nitrogen and oxygen atoms in total. The number of carbonyl (C=O) groups excluding carboxylic acids is 1. The van der Waals surface area contributed by atoms with Crippen LogP contribution in [0.15, 0.2) is 18.2 Å². The molecule has 0 aliphatic heterocycles. The highest BCUT2D eigenvalue weighted by atomic mass is 16.5. The summed E-state index contributed by atoms with van der Waals surface area (Å²) in [6, 6.07) is 8.23. The van der Waals surface area contributed by atoms with Crippen LogP contribution in [0.3, 0.4) is 0 Å². The largest absolute Gasteiger partial charge is 0.493 e. The van der Waals surface area contributed by atoms with Crippen LogP contribution in [-0.2, 0) is 4.79 Å². The van der Waals surface area contributed by atoms with E-state index < -0.39 is 5.91 Å². The van der Waals surface area contributed by atoms with Gasteiger partial charge in [0.1, 0.15) is 12.4 Å². The van der Waals surface area contributed by atoms with Crippen molar-refractivity contribution in [2.45, 2.75) is 0 Å². The smallest absolute Gasteiger partial charge is 0.224 e. The zero-order chi connectivity index (χ0) is 12.0. The highest BCUT2D eigenvalue weighted by Gasteiger charge is 2.02. The van der Waals surface area contributed by atoms with E-state index in [2.05, 4.69) is 0 Å². The average molecular weight is 214 g/mol. The van der Waals surface area contributed by atoms with Crippen molar-refractivity contribution in [3.8, 4) is 17.9 Å². The van der Waals surface area contributed by atoms with Crippen LogP contribution in [0.2, 0.25) is 0 Å². The normalized spacial score (nSPS) is 8.88. The fourth-order valence-electron chi connectivity index (χ4n) is 1.03. The molecule has 0 saturated heterocycles. The molecule has 0 aliphatic carbocycles. The number of nitrogens with zero attached hydrogens (tertiary/aromatic N) is 2. The van der Waals surface area contributed by atoms with Gasteiger partial charge in [-0.3, -0.25) is 4.79 Å². The highest BCUT2D eigenvalue weighted by Crippen LogP contribution is 2.16. The second-order valence-electron chi connectivity index (χ2n) is 2.89. The fraction of sp³-hybridized carbons (Fsp3) is 0.0909. The maximum Gasteiger partial charge on any atom is 0.224 e. The second kappa shape index (κ2) is 5.38. The Labute approximate surface area is 92.7 Å². The Morgan fingerprint density at radius 1 is 1.31 bits per heavy atom. The molecular weight excluding hydrogens is 206 g/mol. The van der Waals surface area contributed by atoms with Crippen LogP contribution in [0.5, 0.6) is 5.75 Å². The first kappa shape index (κ1) is 11.5. The number of hydrogen-bond acceptors (Lipinski definition) is 4. The molecule has 0 fully saturated rings. The Morgan fingerprint density at radius 3 is 2.31 bits per heavy atom. The predicted octanol–water partition coefficient (Wildman–Crippen LogP) is 0.498. The quantitative estimate of drug-likeness (QED) is 0.788. The SMILES string of the molecule is N#Cc1cc(C#N)cc(OC[CH]C(N)=O)c1. The monoisotopic (exact) mass is 214 g/mol. The molecule has 16 heavy (non-hydrogen) atoms. The zero-order valence-corrected chi connectivity index (χ0v) is 8.30. The number of hydrogen-bond donors (Lipinski definition) is 1. The lowest BCUT2D eigenvalue weighted by molar-refractivity contribution is -0.115. The molecule has 0 unspecified atom stereocenters. The molecule has 1 aromatic carbocycles. The summed E-state index contributed by atoms with van der Waals surface area (Å²) in [5.41, 5.74) is 5.54. The van der Waals surface area contributed by atoms with Gasteiger partial charge in [-0.15, -0.1) is 0 Å². The van der Waals surface area contributed by atoms with Crippen molar-refractivity contribution in [1.82, 2.24) is 0 Å². The molecule has 0 heterocycles. The van der Waals surface area contributed by atoms with Crippen molar-refractivity contribution in [3.63, 3.8) is 0 Å². The lowest BCUT2D eigenvalue weighted by atomic mass is 10.1. The number of primary amides is 1. The van der Waals surface area contributed by atoms with Gasteiger partial charge >= 0.3 is 0 Å². The molecule has 0 aromatic heterocycles. The molecule has 0 atom stereocenters. The minimum atomic E-state index is -0.586. The summed E-state index contributed by atoms with van der Waals surface area (Å²) >= 11 is 0. The van der Waals surface area contributed by atoms with E-state index in [1.807, 2.05) is 12.1 Å². The molecule has 5 heteroatoms. The first-order valence-corrected chi connectivity index (χ1v) is 4.36. The number of amides is 1. The third-order valence-electron chi connectivity index (χ3n) is 1.70. The summed E-state index contributed by atoms with van der Waals surface area (Å²) in [4.78, 5) is 10.4. The van der Waals surface area contributed by atoms with Gasteiger partial charge in [0.15, 0.2) is 0 Å². The third-order valence-corrected chi connectivity index (χ3v) is 1.70. The Morgan fingerprint density at radius 2 is 1.88 bits per heavy atom. The molecule has 79 valence electrons. The van der Waals surface area contributed by atoms with E-state index in [9.17, 15) is 4.79 Å². The van der Waals surface area contributed by atoms with Gasteiger partial charge in [-0.25, -0.2) is 0 Å². The van der Waals surface area contributed by atoms with Crippen LogP contribution in [-0.4, -0.2) is 12.5 Å². The number of benzene rings is 1. The molecular formula is C11H8N3O2. The Bertz CT molecular complexity index is 451. The minimum absolute atomic E-state index is 0.00901. The topological polar surface area (TPSA) is 99.9 Å². The molecule has 1 amide bonds. The molecule has 1 rings (SSSR count). The Hall–Kier alpha value is -2.53. The van der Waals surface area contributed by atoms with Crippen LogP contribution in [0, 0.1) is 29.1 Å². The molecule has 0 bridgehead atoms. The van der Waals surface area contributed by atoms with Gasteiger partial charge < -0.3 is 10.5 Å². The number of ether oxygens (including phenoxy) is 1. The van der Waals surface area contributed by atoms with E-state index in [0.717, 1.165) is 6.42 Å². The average Bonchev–Trinajstić information content (AvgIpc) is 2.28. The predicted molar refractivity (Wildman–Crippen MR) is 54.9 cm³/mol. The molecule has 0 spiro atoms. The minimum Gasteiger partial charge on any atom is -0.493 e. The van der Waals surface area contributed by atoms with Gasteiger partial charge in [0.05, 0.1) is 29.7 Å². The van der Waals surface area contributed by atoms with E-state index in [0.29, 0.717) is 16.9 Å². The van der Waals surface area contributed by atoms with Gasteiger partial charge in [-0.1, -0.05) is 0 Å². The van der Waals surface area contributed by atoms with Crippen LogP contribution in [0.25, 0.3) is 0 Å². The van der Waals surface area contributed by atoms with Crippen LogP contribution < -0.4 is 10.5 Å². The first-order chi connectivity index (χ1) is 7.65. The Balaban J connectivity index is 2.77. The van der Waals surface area contributed by atoms with E-state index in [1.54, 1.807) is 0 Å². The molecule has 0 saturated carbocycles. The van der Waals surface area contributed by atoms with Crippen LogP contribution in [0.1, 0.15) is 11.1 Å². The second-order valence-corrected chi connectivity index (χ2v) is 2.89. The fourth-order valence-corrected chi connectivity index (χ4v) is 1.03. The number of carbonyl (C=O) groups is 1. The number of nitriles is 2. The van der Waals surface area contributed by atoms with Gasteiger partial charge in [-0.2, -0.15) is 10.5 Å². The van der Waals surface area contributed by atoms with Crippen LogP contribution in [0.4, 0.5) is 0 Å². The molecule has 1 radical (unpaired) electrons. The third kappa shape index (κ3) is 3.32. The van der Waals surface area contributed by atoms with E-state index in [-0.39, 0.29) is 6.61 Å². The van der Waals surface area contributed by atoms with Crippen molar-refractivity contribution in [2.75, 3.05) is 6.61 Å². The van der Waals surface area contributed by atoms with Gasteiger partial charge in [-0.05, 0) is 18.2 Å². The van der Waals surface area contributed by atoms with E-state index in [1.165, 1.54) is 18.2 Å². The van der Waals surface area contributed by atoms with Gasteiger partial charge in [0.2, 0.25) is 5.91 Å². The highest BCUT2D eigenvalue weighted by molar-refractivity contribution is 5.82. The first-order valence-electron chi connectivity index (χ1n) is 4.36. The van der Waals surface area contributed by atoms with Gasteiger partial charge in [0, 0.05) is 0 Å². The summed E-state index contributed by atoms with van der Waals surface area (Å²) in [5.74, 6) is -0.231. The zero-order valence-electron chi connectivity index (χ0n) is 8.30. The maximum atomic E-state index is 10.4. The van der Waals surface area contributed by atoms with Crippen molar-refractivity contribution >= 4 is 5.91 Å². The number of nitrogens with two attached hydrogens (primary N) is 1. The summed E-state index contributed by atoms with van der Waals surface area (Å²) in [6.45, 7) is 0.00901. The van der Waals surface area contributed by atoms with Crippen molar-refractivity contribution < 1.29 is 9.53 Å².